The van der Waals surface area contributed by atoms with Crippen LogP contribution in [0.4, 0.5) is 0 Å². The van der Waals surface area contributed by atoms with Crippen LogP contribution < -0.4 is 4.74 Å². The van der Waals surface area contributed by atoms with Crippen LogP contribution in [-0.2, 0) is 16.1 Å². The largest absolute Gasteiger partial charge is 0.481 e. The van der Waals surface area contributed by atoms with E-state index >= 15 is 0 Å². The second kappa shape index (κ2) is 9.25. The Morgan fingerprint density at radius 2 is 1.72 bits per heavy atom. The number of amides is 2. The van der Waals surface area contributed by atoms with Crippen LogP contribution in [0.5, 0.6) is 5.75 Å². The molecule has 2 aromatic carbocycles. The van der Waals surface area contributed by atoms with E-state index in [0.29, 0.717) is 31.2 Å². The zero-order valence-corrected chi connectivity index (χ0v) is 19.4. The highest BCUT2D eigenvalue weighted by atomic mass is 35.5. The maximum Gasteiger partial charge on any atom is 0.263 e. The van der Waals surface area contributed by atoms with Gasteiger partial charge in [-0.2, -0.15) is 0 Å². The van der Waals surface area contributed by atoms with Gasteiger partial charge in [-0.3, -0.25) is 9.59 Å². The van der Waals surface area contributed by atoms with E-state index in [1.165, 1.54) is 0 Å². The molecule has 7 heteroatoms. The van der Waals surface area contributed by atoms with Crippen LogP contribution in [0.3, 0.4) is 0 Å². The Hall–Kier alpha value is -2.99. The average Bonchev–Trinajstić information content (AvgIpc) is 3.17. The van der Waals surface area contributed by atoms with Crippen LogP contribution in [-0.4, -0.2) is 58.5 Å². The molecule has 2 heterocycles. The lowest BCUT2D eigenvalue weighted by Crippen LogP contribution is -2.53. The number of carbonyl (C=O) groups excluding carboxylic acids is 2. The van der Waals surface area contributed by atoms with Crippen LogP contribution in [0.2, 0.25) is 5.02 Å². The van der Waals surface area contributed by atoms with Gasteiger partial charge < -0.3 is 19.1 Å². The first-order valence-electron chi connectivity index (χ1n) is 10.9. The fourth-order valence-corrected chi connectivity index (χ4v) is 4.31. The van der Waals surface area contributed by atoms with Crippen LogP contribution in [0.15, 0.2) is 48.7 Å². The highest BCUT2D eigenvalue weighted by Gasteiger charge is 2.28. The lowest BCUT2D eigenvalue weighted by Gasteiger charge is -2.36. The third-order valence-corrected chi connectivity index (χ3v) is 6.20. The van der Waals surface area contributed by atoms with E-state index in [0.717, 1.165) is 27.8 Å². The minimum absolute atomic E-state index is 0.0363. The summed E-state index contributed by atoms with van der Waals surface area (Å²) in [6.07, 6.45) is 1.33. The SMILES string of the molecule is Cc1ccc(OC(C)C(=O)N2CCN(C(=O)Cn3ccc4ccc(Cl)cc43)CC2)c(C)c1. The third kappa shape index (κ3) is 4.75. The Morgan fingerprint density at radius 1 is 1.00 bits per heavy atom. The summed E-state index contributed by atoms with van der Waals surface area (Å²) in [6.45, 7) is 8.08. The van der Waals surface area contributed by atoms with Gasteiger partial charge in [0.05, 0.1) is 0 Å². The van der Waals surface area contributed by atoms with Crippen LogP contribution in [0.1, 0.15) is 18.1 Å². The van der Waals surface area contributed by atoms with E-state index in [9.17, 15) is 9.59 Å². The highest BCUT2D eigenvalue weighted by Crippen LogP contribution is 2.22. The zero-order chi connectivity index (χ0) is 22.8. The summed E-state index contributed by atoms with van der Waals surface area (Å²) < 4.78 is 7.84. The molecule has 0 N–H and O–H groups in total. The number of hydrogen-bond donors (Lipinski definition) is 0. The first kappa shape index (κ1) is 22.2. The smallest absolute Gasteiger partial charge is 0.263 e. The first-order valence-corrected chi connectivity index (χ1v) is 11.2. The maximum atomic E-state index is 12.9. The van der Waals surface area contributed by atoms with Gasteiger partial charge in [-0.15, -0.1) is 0 Å². The molecule has 0 aliphatic carbocycles. The number of nitrogens with zero attached hydrogens (tertiary/aromatic N) is 3. The summed E-state index contributed by atoms with van der Waals surface area (Å²) in [7, 11) is 0. The van der Waals surface area contributed by atoms with Gasteiger partial charge in [0.2, 0.25) is 5.91 Å². The summed E-state index contributed by atoms with van der Waals surface area (Å²) >= 11 is 6.11. The van der Waals surface area contributed by atoms with Gasteiger partial charge in [0.1, 0.15) is 12.3 Å². The molecule has 2 amide bonds. The number of hydrogen-bond acceptors (Lipinski definition) is 3. The van der Waals surface area contributed by atoms with Gasteiger partial charge >= 0.3 is 0 Å². The third-order valence-electron chi connectivity index (χ3n) is 5.97. The van der Waals surface area contributed by atoms with Gasteiger partial charge in [-0.1, -0.05) is 35.4 Å². The quantitative estimate of drug-likeness (QED) is 0.585. The number of piperazine rings is 1. The Balaban J connectivity index is 1.32. The lowest BCUT2D eigenvalue weighted by molar-refractivity contribution is -0.144. The standard InChI is InChI=1S/C25H28ClN3O3/c1-17-4-7-23(18(2)14-17)32-19(3)25(31)28-12-10-27(11-13-28)24(30)16-29-9-8-20-5-6-21(26)15-22(20)29/h4-9,14-15,19H,10-13,16H2,1-3H3. The molecule has 6 nitrogen and oxygen atoms in total. The van der Waals surface area contributed by atoms with Gasteiger partial charge in [-0.05, 0) is 56.0 Å². The van der Waals surface area contributed by atoms with Crippen molar-refractivity contribution in [1.29, 1.82) is 0 Å². The summed E-state index contributed by atoms with van der Waals surface area (Å²) in [6, 6.07) is 13.6. The molecular formula is C25H28ClN3O3. The van der Waals surface area contributed by atoms with Crippen LogP contribution >= 0.6 is 11.6 Å². The number of aromatic nitrogens is 1. The number of carbonyl (C=O) groups is 2. The predicted molar refractivity (Wildman–Crippen MR) is 126 cm³/mol. The Kier molecular flexibility index (Phi) is 6.42. The van der Waals surface area contributed by atoms with Crippen molar-refractivity contribution < 1.29 is 14.3 Å². The molecule has 1 atom stereocenters. The topological polar surface area (TPSA) is 54.8 Å². The zero-order valence-electron chi connectivity index (χ0n) is 18.7. The molecule has 0 bridgehead atoms. The van der Waals surface area contributed by atoms with Gasteiger partial charge in [0.25, 0.3) is 5.91 Å². The number of halogens is 1. The molecule has 0 saturated carbocycles. The number of benzene rings is 2. The number of fused-ring (bicyclic) bond motifs is 1. The van der Waals surface area contributed by atoms with Crippen molar-refractivity contribution in [3.63, 3.8) is 0 Å². The van der Waals surface area contributed by atoms with Gasteiger partial charge in [0.15, 0.2) is 6.10 Å². The van der Waals surface area contributed by atoms with E-state index in [1.807, 2.05) is 72.0 Å². The Labute approximate surface area is 193 Å². The summed E-state index contributed by atoms with van der Waals surface area (Å²) in [5.41, 5.74) is 3.11. The van der Waals surface area contributed by atoms with Crippen LogP contribution in [0, 0.1) is 13.8 Å². The number of ether oxygens (including phenoxy) is 1. The van der Waals surface area contributed by atoms with Gasteiger partial charge in [0, 0.05) is 42.9 Å². The summed E-state index contributed by atoms with van der Waals surface area (Å²) in [4.78, 5) is 29.3. The highest BCUT2D eigenvalue weighted by molar-refractivity contribution is 6.31. The molecule has 4 rings (SSSR count). The van der Waals surface area contributed by atoms with Crippen molar-refractivity contribution in [2.45, 2.75) is 33.4 Å². The fraction of sp³-hybridized carbons (Fsp3) is 0.360. The monoisotopic (exact) mass is 453 g/mol. The summed E-state index contributed by atoms with van der Waals surface area (Å²) in [5, 5.41) is 1.70. The second-order valence-electron chi connectivity index (χ2n) is 8.38. The molecule has 1 aromatic heterocycles. The molecule has 168 valence electrons. The lowest BCUT2D eigenvalue weighted by atomic mass is 10.1. The molecule has 1 aliphatic rings. The number of aryl methyl sites for hydroxylation is 2. The van der Waals surface area contributed by atoms with Crippen molar-refractivity contribution in [1.82, 2.24) is 14.4 Å². The van der Waals surface area contributed by atoms with E-state index in [2.05, 4.69) is 0 Å². The van der Waals surface area contributed by atoms with E-state index in [-0.39, 0.29) is 18.4 Å². The van der Waals surface area contributed by atoms with Crippen molar-refractivity contribution in [2.24, 2.45) is 0 Å². The second-order valence-corrected chi connectivity index (χ2v) is 8.82. The van der Waals surface area contributed by atoms with Crippen LogP contribution in [0.25, 0.3) is 10.9 Å². The normalized spacial score (nSPS) is 15.1. The number of rotatable bonds is 5. The van der Waals surface area contributed by atoms with Crippen molar-refractivity contribution in [3.8, 4) is 5.75 Å². The fourth-order valence-electron chi connectivity index (χ4n) is 4.15. The molecule has 0 radical (unpaired) electrons. The maximum absolute atomic E-state index is 12.9. The van der Waals surface area contributed by atoms with Gasteiger partial charge in [-0.25, -0.2) is 0 Å². The van der Waals surface area contributed by atoms with Crippen molar-refractivity contribution >= 4 is 34.3 Å². The van der Waals surface area contributed by atoms with Crippen molar-refractivity contribution in [3.05, 3.63) is 64.8 Å². The molecule has 32 heavy (non-hydrogen) atoms. The molecular weight excluding hydrogens is 426 g/mol. The van der Waals surface area contributed by atoms with Crippen molar-refractivity contribution in [2.75, 3.05) is 26.2 Å². The average molecular weight is 454 g/mol. The molecule has 1 aliphatic heterocycles. The molecule has 0 spiro atoms. The molecule has 3 aromatic rings. The Bertz CT molecular complexity index is 1150. The minimum atomic E-state index is -0.574. The molecule has 1 unspecified atom stereocenters. The molecule has 1 fully saturated rings. The minimum Gasteiger partial charge on any atom is -0.481 e. The van der Waals surface area contributed by atoms with E-state index in [4.69, 9.17) is 16.3 Å². The molecule has 1 saturated heterocycles. The van der Waals surface area contributed by atoms with E-state index in [1.54, 1.807) is 11.8 Å². The first-order chi connectivity index (χ1) is 15.3. The summed E-state index contributed by atoms with van der Waals surface area (Å²) in [5.74, 6) is 0.710. The van der Waals surface area contributed by atoms with E-state index < -0.39 is 6.10 Å². The predicted octanol–water partition coefficient (Wildman–Crippen LogP) is 4.05. The Morgan fingerprint density at radius 3 is 2.44 bits per heavy atom.